The molecule has 0 heterocycles. The topological polar surface area (TPSA) is 0 Å². The van der Waals surface area contributed by atoms with Gasteiger partial charge >= 0.3 is 65.1 Å². The summed E-state index contributed by atoms with van der Waals surface area (Å²) in [5.74, 6) is 0. The predicted molar refractivity (Wildman–Crippen MR) is 33.8 cm³/mol. The normalized spacial score (nSPS) is 9.38. The Morgan fingerprint density at radius 1 is 1.12 bits per heavy atom. The number of hydrogen-bond donors (Lipinski definition) is 0. The van der Waals surface area contributed by atoms with Crippen molar-refractivity contribution in [1.82, 2.24) is 0 Å². The first-order valence-corrected chi connectivity index (χ1v) is 3.42. The average molecular weight is 220 g/mol. The first-order chi connectivity index (χ1) is 3.79. The molecule has 2 heteroatoms. The molecule has 0 saturated heterocycles. The van der Waals surface area contributed by atoms with Gasteiger partial charge in [0.1, 0.15) is 0 Å². The second-order valence-electron chi connectivity index (χ2n) is 1.39. The van der Waals surface area contributed by atoms with Gasteiger partial charge in [-0.1, -0.05) is 0 Å². The van der Waals surface area contributed by atoms with Crippen molar-refractivity contribution in [2.75, 3.05) is 0 Å². The van der Waals surface area contributed by atoms with E-state index in [1.807, 2.05) is 24.3 Å². The van der Waals surface area contributed by atoms with Crippen LogP contribution in [0.4, 0.5) is 0 Å². The number of rotatable bonds is 0. The molecule has 1 aromatic carbocycles. The van der Waals surface area contributed by atoms with Crippen molar-refractivity contribution in [3.05, 3.63) is 28.7 Å². The van der Waals surface area contributed by atoms with Crippen LogP contribution in [-0.2, 0) is 16.0 Å². The Bertz CT molecular complexity index is 147. The Morgan fingerprint density at radius 3 is 2.00 bits per heavy atom. The number of halogens is 1. The molecule has 0 unspecified atom stereocenters. The van der Waals surface area contributed by atoms with Crippen LogP contribution in [0.25, 0.3) is 0 Å². The molecule has 0 aliphatic carbocycles. The number of benzene rings is 1. The minimum absolute atomic E-state index is 0.862. The molecule has 46 valence electrons. The van der Waals surface area contributed by atoms with Gasteiger partial charge in [-0.3, -0.25) is 0 Å². The fraction of sp³-hybridized carbons (Fsp3) is 0. The van der Waals surface area contributed by atoms with E-state index >= 15 is 0 Å². The molecule has 0 N–H and O–H groups in total. The van der Waals surface area contributed by atoms with Crippen LogP contribution in [0.1, 0.15) is 0 Å². The summed E-state index contributed by atoms with van der Waals surface area (Å²) in [5, 5.41) is 0. The van der Waals surface area contributed by atoms with Gasteiger partial charge in [0.15, 0.2) is 0 Å². The van der Waals surface area contributed by atoms with Crippen molar-refractivity contribution < 1.29 is 16.0 Å². The third-order valence-electron chi connectivity index (χ3n) is 0.778. The molecule has 1 rings (SSSR count). The molecule has 0 spiro atoms. The fourth-order valence-corrected chi connectivity index (χ4v) is 0.838. The van der Waals surface area contributed by atoms with Gasteiger partial charge in [0.2, 0.25) is 0 Å². The van der Waals surface area contributed by atoms with Crippen LogP contribution in [0.15, 0.2) is 28.7 Å². The first kappa shape index (κ1) is 6.34. The summed E-state index contributed by atoms with van der Waals surface area (Å²) in [6.45, 7) is 0. The van der Waals surface area contributed by atoms with E-state index in [1.54, 1.807) is 0 Å². The molecule has 0 radical (unpaired) electrons. The Kier molecular flexibility index (Phi) is 2.12. The summed E-state index contributed by atoms with van der Waals surface area (Å²) < 4.78 is 1.93. The van der Waals surface area contributed by atoms with E-state index in [-0.39, 0.29) is 0 Å². The summed E-state index contributed by atoms with van der Waals surface area (Å²) in [6, 6.07) is 7.61. The Labute approximate surface area is 65.2 Å². The zero-order valence-corrected chi connectivity index (χ0v) is 6.52. The van der Waals surface area contributed by atoms with Crippen molar-refractivity contribution in [2.24, 2.45) is 0 Å². The summed E-state index contributed by atoms with van der Waals surface area (Å²) in [5.41, 5.74) is 0. The zero-order chi connectivity index (χ0) is 5.98. The predicted octanol–water partition coefficient (Wildman–Crippen LogP) is 1.62. The summed E-state index contributed by atoms with van der Waals surface area (Å²) >= 11 is 8.29. The van der Waals surface area contributed by atoms with E-state index in [1.165, 1.54) is 0 Å². The number of hydrogen-bond acceptors (Lipinski definition) is 0. The Morgan fingerprint density at radius 2 is 1.62 bits per heavy atom. The Balaban J connectivity index is 3.03. The molecule has 0 atom stereocenters. The molecule has 0 saturated carbocycles. The van der Waals surface area contributed by atoms with Crippen LogP contribution in [0, 0.1) is 0 Å². The second-order valence-corrected chi connectivity index (χ2v) is 2.85. The van der Waals surface area contributed by atoms with Crippen LogP contribution >= 0.6 is 15.9 Å². The SMILES string of the molecule is [Cu][c]1ccc(Br)cc1. The molecule has 0 bridgehead atoms. The van der Waals surface area contributed by atoms with Crippen LogP contribution in [0.5, 0.6) is 0 Å². The van der Waals surface area contributed by atoms with Gasteiger partial charge in [-0.15, -0.1) is 0 Å². The Hall–Kier alpha value is 0.219. The quantitative estimate of drug-likeness (QED) is 0.582. The fourth-order valence-electron chi connectivity index (χ4n) is 0.417. The average Bonchev–Trinajstić information content (AvgIpc) is 1.77. The van der Waals surface area contributed by atoms with Crippen molar-refractivity contribution in [3.8, 4) is 0 Å². The van der Waals surface area contributed by atoms with Gasteiger partial charge in [-0.2, -0.15) is 0 Å². The van der Waals surface area contributed by atoms with Crippen molar-refractivity contribution in [1.29, 1.82) is 0 Å². The standard InChI is InChI=1S/C6H4Br.Cu/c7-6-4-2-1-3-5-6;/h2-5H;. The minimum atomic E-state index is 0.862. The van der Waals surface area contributed by atoms with Crippen LogP contribution in [0.2, 0.25) is 0 Å². The third-order valence-corrected chi connectivity index (χ3v) is 1.62. The van der Waals surface area contributed by atoms with E-state index in [2.05, 4.69) is 15.9 Å². The van der Waals surface area contributed by atoms with Crippen molar-refractivity contribution >= 4 is 20.4 Å². The van der Waals surface area contributed by atoms with Gasteiger partial charge in [0.25, 0.3) is 0 Å². The van der Waals surface area contributed by atoms with E-state index in [0.717, 1.165) is 8.93 Å². The van der Waals surface area contributed by atoms with Crippen LogP contribution < -0.4 is 4.46 Å². The molecule has 1 aromatic rings. The van der Waals surface area contributed by atoms with Gasteiger partial charge < -0.3 is 0 Å². The van der Waals surface area contributed by atoms with Gasteiger partial charge in [0.05, 0.1) is 0 Å². The van der Waals surface area contributed by atoms with Crippen molar-refractivity contribution in [3.63, 3.8) is 0 Å². The van der Waals surface area contributed by atoms with E-state index in [4.69, 9.17) is 16.0 Å². The molecule has 0 aliphatic rings. The van der Waals surface area contributed by atoms with E-state index in [0.29, 0.717) is 0 Å². The summed E-state index contributed by atoms with van der Waals surface area (Å²) in [4.78, 5) is 0. The first-order valence-electron chi connectivity index (χ1n) is 2.16. The molecule has 0 aromatic heterocycles. The molecular formula is C6H4BrCu. The molecule has 8 heavy (non-hydrogen) atoms. The van der Waals surface area contributed by atoms with Gasteiger partial charge in [-0.05, 0) is 0 Å². The maximum absolute atomic E-state index is 4.99. The van der Waals surface area contributed by atoms with Crippen LogP contribution in [-0.4, -0.2) is 0 Å². The zero-order valence-electron chi connectivity index (χ0n) is 3.99. The van der Waals surface area contributed by atoms with Gasteiger partial charge in [0, 0.05) is 0 Å². The maximum atomic E-state index is 4.99. The molecule has 0 fully saturated rings. The van der Waals surface area contributed by atoms with Crippen molar-refractivity contribution in [2.45, 2.75) is 0 Å². The summed E-state index contributed by atoms with van der Waals surface area (Å²) in [6.07, 6.45) is 0. The molecule has 0 aliphatic heterocycles. The molecule has 0 nitrogen and oxygen atoms in total. The van der Waals surface area contributed by atoms with Crippen LogP contribution in [0.3, 0.4) is 0 Å². The summed E-state index contributed by atoms with van der Waals surface area (Å²) in [7, 11) is 0. The van der Waals surface area contributed by atoms with E-state index < -0.39 is 0 Å². The monoisotopic (exact) mass is 218 g/mol. The molecular weight excluding hydrogens is 216 g/mol. The molecule has 0 amide bonds. The van der Waals surface area contributed by atoms with E-state index in [9.17, 15) is 0 Å². The van der Waals surface area contributed by atoms with Gasteiger partial charge in [-0.25, -0.2) is 0 Å². The second kappa shape index (κ2) is 2.67. The third kappa shape index (κ3) is 1.62.